The topological polar surface area (TPSA) is 136 Å². The molecule has 0 aliphatic heterocycles. The molecule has 0 spiro atoms. The van der Waals surface area contributed by atoms with E-state index in [0.717, 1.165) is 19.4 Å². The molecule has 19 heavy (non-hydrogen) atoms. The average Bonchev–Trinajstić information content (AvgIpc) is 2.66. The fourth-order valence-corrected chi connectivity index (χ4v) is 2.05. The Morgan fingerprint density at radius 1 is 1.32 bits per heavy atom. The standard InChI is InChI=1S/C11H15N3.H2O4S/c12-11(13)14-7-8-5-9-3-1-2-4-10(9)6-8;1-5(2,3)4/h1-4,8H,5-7H2,(H4,12,13,14);(H2,1,2,3,4). The zero-order chi connectivity index (χ0) is 14.5. The third-order valence-electron chi connectivity index (χ3n) is 2.72. The number of hydrogen-bond donors (Lipinski definition) is 5. The lowest BCUT2D eigenvalue weighted by Gasteiger charge is -2.09. The highest BCUT2D eigenvalue weighted by Crippen LogP contribution is 2.25. The molecule has 0 atom stereocenters. The Balaban J connectivity index is 0.000000312. The van der Waals surface area contributed by atoms with Gasteiger partial charge in [0.1, 0.15) is 0 Å². The van der Waals surface area contributed by atoms with Gasteiger partial charge in [-0.15, -0.1) is 0 Å². The molecule has 0 heterocycles. The summed E-state index contributed by atoms with van der Waals surface area (Å²) in [5, 5.41) is 9.97. The van der Waals surface area contributed by atoms with E-state index >= 15 is 0 Å². The van der Waals surface area contributed by atoms with Crippen molar-refractivity contribution in [2.45, 2.75) is 12.8 Å². The largest absolute Gasteiger partial charge is 0.394 e. The van der Waals surface area contributed by atoms with Crippen molar-refractivity contribution in [2.75, 3.05) is 6.54 Å². The Labute approximate surface area is 111 Å². The van der Waals surface area contributed by atoms with Gasteiger partial charge in [-0.1, -0.05) is 24.3 Å². The van der Waals surface area contributed by atoms with Gasteiger partial charge < -0.3 is 11.1 Å². The first kappa shape index (κ1) is 15.4. The van der Waals surface area contributed by atoms with Crippen LogP contribution in [0.3, 0.4) is 0 Å². The lowest BCUT2D eigenvalue weighted by molar-refractivity contribution is 0.381. The zero-order valence-electron chi connectivity index (χ0n) is 10.2. The maximum absolute atomic E-state index is 8.74. The molecule has 8 heteroatoms. The van der Waals surface area contributed by atoms with Crippen molar-refractivity contribution in [3.8, 4) is 0 Å². The van der Waals surface area contributed by atoms with Crippen molar-refractivity contribution in [2.24, 2.45) is 11.7 Å². The van der Waals surface area contributed by atoms with E-state index in [2.05, 4.69) is 29.6 Å². The predicted octanol–water partition coefficient (Wildman–Crippen LogP) is 0.232. The van der Waals surface area contributed by atoms with Crippen LogP contribution in [0.15, 0.2) is 24.3 Å². The van der Waals surface area contributed by atoms with Gasteiger partial charge in [-0.05, 0) is 29.9 Å². The van der Waals surface area contributed by atoms with E-state index in [4.69, 9.17) is 28.7 Å². The molecule has 0 unspecified atom stereocenters. The SMILES string of the molecule is N=C(N)NCC1Cc2ccccc2C1.O=S(=O)(O)O. The highest BCUT2D eigenvalue weighted by Gasteiger charge is 2.20. The summed E-state index contributed by atoms with van der Waals surface area (Å²) < 4.78 is 31.6. The van der Waals surface area contributed by atoms with Gasteiger partial charge in [0, 0.05) is 6.54 Å². The van der Waals surface area contributed by atoms with Gasteiger partial charge in [-0.3, -0.25) is 14.5 Å². The minimum atomic E-state index is -4.67. The second-order valence-corrected chi connectivity index (χ2v) is 5.18. The van der Waals surface area contributed by atoms with E-state index in [0.29, 0.717) is 5.92 Å². The summed E-state index contributed by atoms with van der Waals surface area (Å²) in [5.74, 6) is 0.664. The monoisotopic (exact) mass is 287 g/mol. The summed E-state index contributed by atoms with van der Waals surface area (Å²) in [6.45, 7) is 0.810. The Kier molecular flexibility index (Phi) is 5.28. The number of rotatable bonds is 2. The van der Waals surface area contributed by atoms with Crippen LogP contribution in [0.25, 0.3) is 0 Å². The molecule has 7 nitrogen and oxygen atoms in total. The number of nitrogens with one attached hydrogen (secondary N) is 2. The number of fused-ring (bicyclic) bond motifs is 1. The van der Waals surface area contributed by atoms with Crippen molar-refractivity contribution < 1.29 is 17.5 Å². The first-order valence-electron chi connectivity index (χ1n) is 5.60. The smallest absolute Gasteiger partial charge is 0.370 e. The fraction of sp³-hybridized carbons (Fsp3) is 0.364. The molecular weight excluding hydrogens is 270 g/mol. The highest BCUT2D eigenvalue weighted by molar-refractivity contribution is 7.79. The van der Waals surface area contributed by atoms with Crippen molar-refractivity contribution in [1.29, 1.82) is 5.41 Å². The molecule has 1 aromatic carbocycles. The third kappa shape index (κ3) is 6.75. The number of nitrogens with two attached hydrogens (primary N) is 1. The maximum atomic E-state index is 8.74. The van der Waals surface area contributed by atoms with Gasteiger partial charge in [0.25, 0.3) is 0 Å². The Morgan fingerprint density at radius 2 is 1.74 bits per heavy atom. The van der Waals surface area contributed by atoms with Gasteiger partial charge in [0.15, 0.2) is 5.96 Å². The Bertz CT molecular complexity index is 512. The number of benzene rings is 1. The van der Waals surface area contributed by atoms with E-state index in [1.807, 2.05) is 0 Å². The van der Waals surface area contributed by atoms with Gasteiger partial charge >= 0.3 is 10.4 Å². The molecule has 2 rings (SSSR count). The molecule has 0 saturated carbocycles. The molecule has 0 amide bonds. The summed E-state index contributed by atoms with van der Waals surface area (Å²) >= 11 is 0. The first-order valence-corrected chi connectivity index (χ1v) is 7.00. The van der Waals surface area contributed by atoms with Gasteiger partial charge in [0.05, 0.1) is 0 Å². The molecule has 106 valence electrons. The van der Waals surface area contributed by atoms with E-state index in [1.165, 1.54) is 11.1 Å². The lowest BCUT2D eigenvalue weighted by atomic mass is 10.1. The van der Waals surface area contributed by atoms with Crippen LogP contribution in [0.1, 0.15) is 11.1 Å². The van der Waals surface area contributed by atoms with Gasteiger partial charge in [0.2, 0.25) is 0 Å². The van der Waals surface area contributed by atoms with Crippen LogP contribution < -0.4 is 11.1 Å². The quantitative estimate of drug-likeness (QED) is 0.300. The summed E-state index contributed by atoms with van der Waals surface area (Å²) in [4.78, 5) is 0. The molecule has 6 N–H and O–H groups in total. The number of hydrogen-bond acceptors (Lipinski definition) is 3. The Hall–Kier alpha value is -1.64. The van der Waals surface area contributed by atoms with Crippen molar-refractivity contribution in [3.05, 3.63) is 35.4 Å². The molecule has 0 aromatic heterocycles. The summed E-state index contributed by atoms with van der Waals surface area (Å²) in [7, 11) is -4.67. The third-order valence-corrected chi connectivity index (χ3v) is 2.72. The number of guanidine groups is 1. The second kappa shape index (κ2) is 6.50. The van der Waals surface area contributed by atoms with Crippen LogP contribution in [-0.4, -0.2) is 30.0 Å². The molecule has 1 aliphatic rings. The van der Waals surface area contributed by atoms with Crippen LogP contribution in [0.5, 0.6) is 0 Å². The molecule has 1 aromatic rings. The van der Waals surface area contributed by atoms with E-state index in [9.17, 15) is 0 Å². The van der Waals surface area contributed by atoms with Crippen LogP contribution in [0.4, 0.5) is 0 Å². The zero-order valence-corrected chi connectivity index (χ0v) is 11.0. The van der Waals surface area contributed by atoms with Gasteiger partial charge in [-0.2, -0.15) is 8.42 Å². The van der Waals surface area contributed by atoms with Crippen molar-refractivity contribution in [1.82, 2.24) is 5.32 Å². The normalized spacial score (nSPS) is 14.2. The summed E-state index contributed by atoms with van der Waals surface area (Å²) in [6, 6.07) is 8.53. The molecule has 0 radical (unpaired) electrons. The molecule has 0 bridgehead atoms. The van der Waals surface area contributed by atoms with E-state index in [-0.39, 0.29) is 5.96 Å². The minimum Gasteiger partial charge on any atom is -0.370 e. The summed E-state index contributed by atoms with van der Waals surface area (Å²) in [6.07, 6.45) is 2.22. The molecular formula is C11H17N3O4S. The fourth-order valence-electron chi connectivity index (χ4n) is 2.05. The summed E-state index contributed by atoms with van der Waals surface area (Å²) in [5.41, 5.74) is 8.14. The predicted molar refractivity (Wildman–Crippen MR) is 71.4 cm³/mol. The van der Waals surface area contributed by atoms with Gasteiger partial charge in [-0.25, -0.2) is 0 Å². The van der Waals surface area contributed by atoms with Crippen molar-refractivity contribution >= 4 is 16.4 Å². The second-order valence-electron chi connectivity index (χ2n) is 4.29. The Morgan fingerprint density at radius 3 is 2.11 bits per heavy atom. The van der Waals surface area contributed by atoms with E-state index < -0.39 is 10.4 Å². The average molecular weight is 287 g/mol. The molecule has 0 saturated heterocycles. The maximum Gasteiger partial charge on any atom is 0.394 e. The van der Waals surface area contributed by atoms with Crippen molar-refractivity contribution in [3.63, 3.8) is 0 Å². The van der Waals surface area contributed by atoms with Crippen LogP contribution >= 0.6 is 0 Å². The van der Waals surface area contributed by atoms with Crippen LogP contribution in [0.2, 0.25) is 0 Å². The molecule has 0 fully saturated rings. The lowest BCUT2D eigenvalue weighted by Crippen LogP contribution is -2.34. The first-order chi connectivity index (χ1) is 8.75. The molecule has 1 aliphatic carbocycles. The van der Waals surface area contributed by atoms with E-state index in [1.54, 1.807) is 0 Å². The minimum absolute atomic E-state index is 0.0703. The highest BCUT2D eigenvalue weighted by atomic mass is 32.3. The van der Waals surface area contributed by atoms with Crippen LogP contribution in [-0.2, 0) is 23.2 Å². The van der Waals surface area contributed by atoms with Crippen LogP contribution in [0, 0.1) is 11.3 Å².